The van der Waals surface area contributed by atoms with Crippen molar-refractivity contribution in [3.63, 3.8) is 0 Å². The van der Waals surface area contributed by atoms with Gasteiger partial charge in [-0.1, -0.05) is 6.42 Å². The molecule has 1 aliphatic heterocycles. The lowest BCUT2D eigenvalue weighted by Crippen LogP contribution is -2.34. The summed E-state index contributed by atoms with van der Waals surface area (Å²) in [4.78, 5) is 15.9. The van der Waals surface area contributed by atoms with Crippen molar-refractivity contribution in [1.29, 1.82) is 0 Å². The molecule has 0 bridgehead atoms. The monoisotopic (exact) mass is 311 g/mol. The Bertz CT molecular complexity index is 388. The van der Waals surface area contributed by atoms with E-state index >= 15 is 0 Å². The molecular formula is C13H18BrN3O. The number of nitrogens with zero attached hydrogens (tertiary/aromatic N) is 1. The first kappa shape index (κ1) is 13.5. The number of halogens is 1. The third-order valence-corrected chi connectivity index (χ3v) is 3.60. The highest BCUT2D eigenvalue weighted by atomic mass is 79.9. The van der Waals surface area contributed by atoms with E-state index in [1.165, 1.54) is 19.3 Å². The van der Waals surface area contributed by atoms with E-state index in [2.05, 4.69) is 31.5 Å². The number of rotatable bonds is 4. The van der Waals surface area contributed by atoms with Crippen molar-refractivity contribution in [2.75, 3.05) is 11.9 Å². The lowest BCUT2D eigenvalue weighted by atomic mass is 10.0. The number of amides is 1. The lowest BCUT2D eigenvalue weighted by Gasteiger charge is -2.22. The Kier molecular flexibility index (Phi) is 5.13. The Morgan fingerprint density at radius 3 is 3.06 bits per heavy atom. The summed E-state index contributed by atoms with van der Waals surface area (Å²) in [6.45, 7) is 1.08. The van der Waals surface area contributed by atoms with Crippen LogP contribution in [0.4, 0.5) is 5.82 Å². The van der Waals surface area contributed by atoms with Gasteiger partial charge in [0.15, 0.2) is 0 Å². The van der Waals surface area contributed by atoms with Gasteiger partial charge in [-0.05, 0) is 53.9 Å². The van der Waals surface area contributed by atoms with E-state index in [0.29, 0.717) is 18.3 Å². The Morgan fingerprint density at radius 2 is 2.39 bits per heavy atom. The molecule has 1 atom stereocenters. The molecule has 98 valence electrons. The highest BCUT2D eigenvalue weighted by molar-refractivity contribution is 9.10. The predicted octanol–water partition coefficient (Wildman–Crippen LogP) is 2.70. The van der Waals surface area contributed by atoms with Crippen LogP contribution in [-0.2, 0) is 4.79 Å². The number of hydrogen-bond acceptors (Lipinski definition) is 3. The molecule has 1 saturated heterocycles. The summed E-state index contributed by atoms with van der Waals surface area (Å²) in [6, 6.07) is 4.16. The van der Waals surface area contributed by atoms with Gasteiger partial charge in [-0.2, -0.15) is 0 Å². The minimum Gasteiger partial charge on any atom is -0.314 e. The molecule has 1 amide bonds. The highest BCUT2D eigenvalue weighted by Crippen LogP contribution is 2.13. The van der Waals surface area contributed by atoms with Crippen LogP contribution in [0.15, 0.2) is 22.8 Å². The SMILES string of the molecule is O=C(CCC1CCCCN1)Nc1ccc(Br)cn1. The first-order valence-corrected chi connectivity index (χ1v) is 7.18. The molecular weight excluding hydrogens is 294 g/mol. The normalized spacial score (nSPS) is 19.5. The number of carbonyl (C=O) groups is 1. The van der Waals surface area contributed by atoms with Gasteiger partial charge in [-0.3, -0.25) is 4.79 Å². The van der Waals surface area contributed by atoms with Crippen LogP contribution in [0, 0.1) is 0 Å². The largest absolute Gasteiger partial charge is 0.314 e. The van der Waals surface area contributed by atoms with Crippen LogP contribution in [-0.4, -0.2) is 23.5 Å². The zero-order chi connectivity index (χ0) is 12.8. The van der Waals surface area contributed by atoms with Crippen molar-refractivity contribution in [2.24, 2.45) is 0 Å². The summed E-state index contributed by atoms with van der Waals surface area (Å²) in [5.74, 6) is 0.650. The summed E-state index contributed by atoms with van der Waals surface area (Å²) in [7, 11) is 0. The van der Waals surface area contributed by atoms with Crippen LogP contribution in [0.1, 0.15) is 32.1 Å². The average molecular weight is 312 g/mol. The second kappa shape index (κ2) is 6.85. The van der Waals surface area contributed by atoms with E-state index in [1.807, 2.05) is 6.07 Å². The zero-order valence-electron chi connectivity index (χ0n) is 10.3. The third kappa shape index (κ3) is 4.38. The topological polar surface area (TPSA) is 54.0 Å². The second-order valence-electron chi connectivity index (χ2n) is 4.60. The molecule has 2 N–H and O–H groups in total. The molecule has 4 nitrogen and oxygen atoms in total. The Labute approximate surface area is 116 Å². The van der Waals surface area contributed by atoms with Gasteiger partial charge < -0.3 is 10.6 Å². The number of aromatic nitrogens is 1. The maximum atomic E-state index is 11.7. The quantitative estimate of drug-likeness (QED) is 0.899. The molecule has 1 aromatic heterocycles. The number of anilines is 1. The van der Waals surface area contributed by atoms with E-state index < -0.39 is 0 Å². The molecule has 0 aromatic carbocycles. The van der Waals surface area contributed by atoms with Gasteiger partial charge in [0, 0.05) is 23.1 Å². The van der Waals surface area contributed by atoms with Crippen LogP contribution in [0.3, 0.4) is 0 Å². The van der Waals surface area contributed by atoms with Crippen molar-refractivity contribution in [3.05, 3.63) is 22.8 Å². The fourth-order valence-corrected chi connectivity index (χ4v) is 2.37. The summed E-state index contributed by atoms with van der Waals surface area (Å²) < 4.78 is 0.909. The van der Waals surface area contributed by atoms with Gasteiger partial charge in [-0.25, -0.2) is 4.98 Å². The van der Waals surface area contributed by atoms with Gasteiger partial charge in [0.25, 0.3) is 0 Å². The number of hydrogen-bond donors (Lipinski definition) is 2. The van der Waals surface area contributed by atoms with Crippen molar-refractivity contribution >= 4 is 27.7 Å². The number of piperidine rings is 1. The zero-order valence-corrected chi connectivity index (χ0v) is 11.9. The van der Waals surface area contributed by atoms with E-state index in [9.17, 15) is 4.79 Å². The number of carbonyl (C=O) groups excluding carboxylic acids is 1. The van der Waals surface area contributed by atoms with Crippen molar-refractivity contribution in [2.45, 2.75) is 38.1 Å². The van der Waals surface area contributed by atoms with Crippen LogP contribution in [0.5, 0.6) is 0 Å². The molecule has 0 radical (unpaired) electrons. The summed E-state index contributed by atoms with van der Waals surface area (Å²) in [5.41, 5.74) is 0. The van der Waals surface area contributed by atoms with Crippen LogP contribution >= 0.6 is 15.9 Å². The minimum atomic E-state index is 0.0391. The molecule has 18 heavy (non-hydrogen) atoms. The molecule has 1 aromatic rings. The summed E-state index contributed by atoms with van der Waals surface area (Å²) in [5, 5.41) is 6.25. The summed E-state index contributed by atoms with van der Waals surface area (Å²) >= 11 is 3.31. The maximum absolute atomic E-state index is 11.7. The van der Waals surface area contributed by atoms with Gasteiger partial charge in [0.2, 0.25) is 5.91 Å². The van der Waals surface area contributed by atoms with Crippen molar-refractivity contribution in [1.82, 2.24) is 10.3 Å². The fourth-order valence-electron chi connectivity index (χ4n) is 2.13. The Hall–Kier alpha value is -0.940. The Balaban J connectivity index is 1.73. The van der Waals surface area contributed by atoms with E-state index in [4.69, 9.17) is 0 Å². The maximum Gasteiger partial charge on any atom is 0.225 e. The second-order valence-corrected chi connectivity index (χ2v) is 5.51. The number of pyridine rings is 1. The average Bonchev–Trinajstić information content (AvgIpc) is 2.40. The van der Waals surface area contributed by atoms with E-state index in [0.717, 1.165) is 17.4 Å². The standard InChI is InChI=1S/C13H18BrN3O/c14-10-4-6-12(16-9-10)17-13(18)7-5-11-3-1-2-8-15-11/h4,6,9,11,15H,1-3,5,7-8H2,(H,16,17,18). The molecule has 1 aliphatic rings. The molecule has 0 aliphatic carbocycles. The lowest BCUT2D eigenvalue weighted by molar-refractivity contribution is -0.116. The number of nitrogens with one attached hydrogen (secondary N) is 2. The third-order valence-electron chi connectivity index (χ3n) is 3.13. The smallest absolute Gasteiger partial charge is 0.225 e. The van der Waals surface area contributed by atoms with Crippen molar-refractivity contribution < 1.29 is 4.79 Å². The molecule has 2 heterocycles. The minimum absolute atomic E-state index is 0.0391. The van der Waals surface area contributed by atoms with E-state index in [1.54, 1.807) is 12.3 Å². The molecule has 2 rings (SSSR count). The molecule has 1 fully saturated rings. The first-order valence-electron chi connectivity index (χ1n) is 6.39. The van der Waals surface area contributed by atoms with Crippen LogP contribution in [0.25, 0.3) is 0 Å². The van der Waals surface area contributed by atoms with Crippen LogP contribution in [0.2, 0.25) is 0 Å². The fraction of sp³-hybridized carbons (Fsp3) is 0.538. The van der Waals surface area contributed by atoms with Crippen molar-refractivity contribution in [3.8, 4) is 0 Å². The van der Waals surface area contributed by atoms with Gasteiger partial charge >= 0.3 is 0 Å². The summed E-state index contributed by atoms with van der Waals surface area (Å²) in [6.07, 6.45) is 6.85. The highest BCUT2D eigenvalue weighted by Gasteiger charge is 2.14. The first-order chi connectivity index (χ1) is 8.74. The predicted molar refractivity (Wildman–Crippen MR) is 75.4 cm³/mol. The molecule has 1 unspecified atom stereocenters. The molecule has 0 saturated carbocycles. The van der Waals surface area contributed by atoms with E-state index in [-0.39, 0.29) is 5.91 Å². The van der Waals surface area contributed by atoms with Gasteiger partial charge in [-0.15, -0.1) is 0 Å². The van der Waals surface area contributed by atoms with Gasteiger partial charge in [0.05, 0.1) is 0 Å². The molecule has 0 spiro atoms. The van der Waals surface area contributed by atoms with Crippen LogP contribution < -0.4 is 10.6 Å². The molecule has 5 heteroatoms. The Morgan fingerprint density at radius 1 is 1.50 bits per heavy atom. The van der Waals surface area contributed by atoms with Gasteiger partial charge in [0.1, 0.15) is 5.82 Å².